The van der Waals surface area contributed by atoms with Gasteiger partial charge in [0.2, 0.25) is 0 Å². The monoisotopic (exact) mass is 450 g/mol. The first-order valence-electron chi connectivity index (χ1n) is 9.07. The van der Waals surface area contributed by atoms with E-state index >= 15 is 0 Å². The number of nitrogens with one attached hydrogen (secondary N) is 1. The number of amides is 2. The molecule has 3 aromatic carbocycles. The van der Waals surface area contributed by atoms with Gasteiger partial charge in [0.25, 0.3) is 11.8 Å². The maximum atomic E-state index is 12.6. The van der Waals surface area contributed by atoms with Gasteiger partial charge in [0.15, 0.2) is 0 Å². The van der Waals surface area contributed by atoms with Crippen molar-refractivity contribution in [3.8, 4) is 5.69 Å². The summed E-state index contributed by atoms with van der Waals surface area (Å²) in [5, 5.41) is 11.6. The van der Waals surface area contributed by atoms with E-state index in [-0.39, 0.29) is 16.6 Å². The number of halogens is 2. The van der Waals surface area contributed by atoms with Crippen LogP contribution in [0.15, 0.2) is 79.4 Å². The lowest BCUT2D eigenvalue weighted by atomic mass is 10.1. The zero-order valence-corrected chi connectivity index (χ0v) is 17.4. The number of benzene rings is 3. The van der Waals surface area contributed by atoms with E-state index in [4.69, 9.17) is 23.2 Å². The molecule has 4 aromatic rings. The van der Waals surface area contributed by atoms with Crippen molar-refractivity contribution < 1.29 is 9.59 Å². The quantitative estimate of drug-likeness (QED) is 0.467. The van der Waals surface area contributed by atoms with Gasteiger partial charge < -0.3 is 5.32 Å². The fourth-order valence-corrected chi connectivity index (χ4v) is 3.13. The van der Waals surface area contributed by atoms with E-state index < -0.39 is 5.91 Å². The molecular formula is C22H14Cl2N5O2. The van der Waals surface area contributed by atoms with Gasteiger partial charge >= 0.3 is 0 Å². The first-order chi connectivity index (χ1) is 15.0. The van der Waals surface area contributed by atoms with Crippen molar-refractivity contribution in [3.63, 3.8) is 0 Å². The van der Waals surface area contributed by atoms with Gasteiger partial charge in [-0.15, -0.1) is 0 Å². The van der Waals surface area contributed by atoms with Crippen LogP contribution < -0.4 is 10.6 Å². The standard InChI is InChI=1S/C22H14Cl2N5O2/c23-16-3-1-2-15(10-16)22(31)28-20-11-17(6-9-19(20)24)27-21(30)14-4-7-18(8-5-14)29-13-25-12-26-29/h1-13H,(H,27,30). The van der Waals surface area contributed by atoms with Crippen molar-refractivity contribution in [1.29, 1.82) is 0 Å². The molecule has 31 heavy (non-hydrogen) atoms. The highest BCUT2D eigenvalue weighted by Crippen LogP contribution is 2.27. The Morgan fingerprint density at radius 3 is 2.45 bits per heavy atom. The van der Waals surface area contributed by atoms with E-state index in [2.05, 4.69) is 20.7 Å². The Bertz CT molecular complexity index is 1240. The molecule has 1 heterocycles. The molecule has 0 aliphatic carbocycles. The average molecular weight is 451 g/mol. The number of anilines is 1. The summed E-state index contributed by atoms with van der Waals surface area (Å²) in [5.74, 6) is -0.809. The van der Waals surface area contributed by atoms with Gasteiger partial charge in [-0.2, -0.15) is 5.10 Å². The van der Waals surface area contributed by atoms with Gasteiger partial charge in [-0.1, -0.05) is 29.3 Å². The van der Waals surface area contributed by atoms with E-state index in [0.29, 0.717) is 21.8 Å². The van der Waals surface area contributed by atoms with Gasteiger partial charge in [-0.25, -0.2) is 15.0 Å². The van der Waals surface area contributed by atoms with E-state index in [9.17, 15) is 9.59 Å². The van der Waals surface area contributed by atoms with Crippen LogP contribution >= 0.6 is 23.2 Å². The average Bonchev–Trinajstić information content (AvgIpc) is 3.31. The minimum Gasteiger partial charge on any atom is -0.322 e. The Morgan fingerprint density at radius 1 is 0.935 bits per heavy atom. The molecule has 2 amide bonds. The third-order valence-electron chi connectivity index (χ3n) is 4.31. The minimum absolute atomic E-state index is 0.242. The molecule has 0 atom stereocenters. The Morgan fingerprint density at radius 2 is 1.74 bits per heavy atom. The molecular weight excluding hydrogens is 437 g/mol. The number of aromatic nitrogens is 3. The Kier molecular flexibility index (Phi) is 5.97. The predicted octanol–water partition coefficient (Wildman–Crippen LogP) is 4.90. The molecule has 1 N–H and O–H groups in total. The van der Waals surface area contributed by atoms with Crippen LogP contribution in [0.1, 0.15) is 20.7 Å². The lowest BCUT2D eigenvalue weighted by Gasteiger charge is -2.10. The highest BCUT2D eigenvalue weighted by molar-refractivity contribution is 6.33. The van der Waals surface area contributed by atoms with Gasteiger partial charge in [0, 0.05) is 21.8 Å². The van der Waals surface area contributed by atoms with Gasteiger partial charge in [-0.3, -0.25) is 9.59 Å². The summed E-state index contributed by atoms with van der Waals surface area (Å²) in [7, 11) is 0. The van der Waals surface area contributed by atoms with Gasteiger partial charge in [-0.05, 0) is 60.7 Å². The second kappa shape index (κ2) is 8.99. The van der Waals surface area contributed by atoms with Crippen LogP contribution in [-0.2, 0) is 0 Å². The molecule has 0 saturated heterocycles. The largest absolute Gasteiger partial charge is 0.322 e. The van der Waals surface area contributed by atoms with Crippen LogP contribution in [0.4, 0.5) is 11.4 Å². The molecule has 0 bridgehead atoms. The highest BCUT2D eigenvalue weighted by atomic mass is 35.5. The Hall–Kier alpha value is -3.68. The van der Waals surface area contributed by atoms with Crippen molar-refractivity contribution in [1.82, 2.24) is 20.1 Å². The van der Waals surface area contributed by atoms with Gasteiger partial charge in [0.05, 0.1) is 16.4 Å². The molecule has 1 radical (unpaired) electrons. The van der Waals surface area contributed by atoms with Crippen LogP contribution in [0.3, 0.4) is 0 Å². The zero-order valence-electron chi connectivity index (χ0n) is 15.9. The summed E-state index contributed by atoms with van der Waals surface area (Å²) in [4.78, 5) is 28.9. The molecule has 0 aliphatic rings. The number of hydrogen-bond acceptors (Lipinski definition) is 4. The third-order valence-corrected chi connectivity index (χ3v) is 4.87. The Labute approximate surface area is 187 Å². The van der Waals surface area contributed by atoms with Crippen LogP contribution in [0.5, 0.6) is 0 Å². The fraction of sp³-hybridized carbons (Fsp3) is 0. The smallest absolute Gasteiger partial charge is 0.277 e. The van der Waals surface area contributed by atoms with Crippen molar-refractivity contribution in [2.75, 3.05) is 5.32 Å². The van der Waals surface area contributed by atoms with E-state index in [1.54, 1.807) is 65.6 Å². The summed E-state index contributed by atoms with van der Waals surface area (Å²) in [6.07, 6.45) is 3.00. The second-order valence-corrected chi connectivity index (χ2v) is 7.28. The number of nitrogens with zero attached hydrogens (tertiary/aromatic N) is 4. The zero-order chi connectivity index (χ0) is 21.8. The lowest BCUT2D eigenvalue weighted by molar-refractivity contribution is 0.0968. The summed E-state index contributed by atoms with van der Waals surface area (Å²) in [5.41, 5.74) is 2.26. The predicted molar refractivity (Wildman–Crippen MR) is 118 cm³/mol. The van der Waals surface area contributed by atoms with E-state index in [1.165, 1.54) is 18.5 Å². The maximum Gasteiger partial charge on any atom is 0.277 e. The van der Waals surface area contributed by atoms with Crippen LogP contribution in [0.2, 0.25) is 10.0 Å². The molecule has 9 heteroatoms. The SMILES string of the molecule is O=C([N]c1cc(NC(=O)c2ccc(-n3cncn3)cc2)ccc1Cl)c1cccc(Cl)c1. The topological polar surface area (TPSA) is 91.0 Å². The number of carbonyl (C=O) groups excluding carboxylic acids is 2. The molecule has 7 nitrogen and oxygen atoms in total. The van der Waals surface area contributed by atoms with Crippen molar-refractivity contribution in [3.05, 3.63) is 101 Å². The van der Waals surface area contributed by atoms with Gasteiger partial charge in [0.1, 0.15) is 12.7 Å². The number of carbonyl (C=O) groups is 2. The molecule has 0 spiro atoms. The molecule has 0 aliphatic heterocycles. The molecule has 0 unspecified atom stereocenters. The van der Waals surface area contributed by atoms with Crippen LogP contribution in [0, 0.1) is 0 Å². The first kappa shape index (κ1) is 20.6. The summed E-state index contributed by atoms with van der Waals surface area (Å²) < 4.78 is 1.59. The van der Waals surface area contributed by atoms with Crippen molar-refractivity contribution >= 4 is 46.4 Å². The lowest BCUT2D eigenvalue weighted by Crippen LogP contribution is -2.14. The summed E-state index contributed by atoms with van der Waals surface area (Å²) in [6, 6.07) is 18.1. The second-order valence-electron chi connectivity index (χ2n) is 6.43. The number of rotatable bonds is 5. The van der Waals surface area contributed by atoms with Crippen LogP contribution in [-0.4, -0.2) is 26.6 Å². The molecule has 1 aromatic heterocycles. The van der Waals surface area contributed by atoms with Crippen molar-refractivity contribution in [2.45, 2.75) is 0 Å². The normalized spacial score (nSPS) is 10.5. The fourth-order valence-electron chi connectivity index (χ4n) is 2.78. The minimum atomic E-state index is -0.489. The summed E-state index contributed by atoms with van der Waals surface area (Å²) in [6.45, 7) is 0. The molecule has 0 saturated carbocycles. The molecule has 0 fully saturated rings. The highest BCUT2D eigenvalue weighted by Gasteiger charge is 2.13. The van der Waals surface area contributed by atoms with E-state index in [1.807, 2.05) is 0 Å². The third kappa shape index (κ3) is 4.91. The first-order valence-corrected chi connectivity index (χ1v) is 9.83. The maximum absolute atomic E-state index is 12.6. The molecule has 4 rings (SSSR count). The Balaban J connectivity index is 1.47. The van der Waals surface area contributed by atoms with Crippen molar-refractivity contribution in [2.24, 2.45) is 0 Å². The van der Waals surface area contributed by atoms with Crippen LogP contribution in [0.25, 0.3) is 5.69 Å². The number of hydrogen-bond donors (Lipinski definition) is 1. The summed E-state index contributed by atoms with van der Waals surface area (Å²) >= 11 is 12.1. The van der Waals surface area contributed by atoms with E-state index in [0.717, 1.165) is 5.69 Å². The molecule has 153 valence electrons.